The minimum absolute atomic E-state index is 0.0623. The number of rotatable bonds is 16. The average molecular weight is 481 g/mol. The Kier molecular flexibility index (Phi) is 13.2. The molecular weight excluding hydrogens is 440 g/mol. The van der Waals surface area contributed by atoms with Crippen molar-refractivity contribution in [2.75, 3.05) is 11.9 Å². The highest BCUT2D eigenvalue weighted by molar-refractivity contribution is 5.95. The number of unbranched alkanes of at least 4 members (excludes halogenated alkanes) is 8. The summed E-state index contributed by atoms with van der Waals surface area (Å²) in [5.41, 5.74) is 1.80. The van der Waals surface area contributed by atoms with E-state index in [1.54, 1.807) is 24.3 Å². The highest BCUT2D eigenvalue weighted by Crippen LogP contribution is 2.15. The molecule has 190 valence electrons. The number of carbonyl (C=O) groups excluding carboxylic acids is 3. The predicted octanol–water partition coefficient (Wildman–Crippen LogP) is 6.58. The van der Waals surface area contributed by atoms with E-state index < -0.39 is 5.97 Å². The summed E-state index contributed by atoms with van der Waals surface area (Å²) in [6.07, 6.45) is 11.3. The SMILES string of the molecule is CCCCCCCCCCCC(=O)Nc1cccc(C(=O)OCC(=O)N[C@@H](C)c2ccccc2)c1. The lowest BCUT2D eigenvalue weighted by molar-refractivity contribution is -0.124. The fourth-order valence-electron chi connectivity index (χ4n) is 3.87. The Balaban J connectivity index is 1.67. The van der Waals surface area contributed by atoms with Crippen molar-refractivity contribution in [2.24, 2.45) is 0 Å². The maximum absolute atomic E-state index is 12.4. The van der Waals surface area contributed by atoms with Gasteiger partial charge in [0.25, 0.3) is 5.91 Å². The van der Waals surface area contributed by atoms with Gasteiger partial charge in [-0.15, -0.1) is 0 Å². The van der Waals surface area contributed by atoms with Crippen LogP contribution in [0.3, 0.4) is 0 Å². The van der Waals surface area contributed by atoms with Crippen molar-refractivity contribution in [3.8, 4) is 0 Å². The van der Waals surface area contributed by atoms with Crippen LogP contribution in [0, 0.1) is 0 Å². The van der Waals surface area contributed by atoms with Crippen molar-refractivity contribution in [2.45, 2.75) is 84.1 Å². The van der Waals surface area contributed by atoms with Gasteiger partial charge in [0.05, 0.1) is 11.6 Å². The van der Waals surface area contributed by atoms with E-state index in [9.17, 15) is 14.4 Å². The Morgan fingerprint density at radius 3 is 2.14 bits per heavy atom. The molecule has 2 aromatic carbocycles. The van der Waals surface area contributed by atoms with Crippen molar-refractivity contribution < 1.29 is 19.1 Å². The van der Waals surface area contributed by atoms with Crippen LogP contribution in [0.5, 0.6) is 0 Å². The molecular formula is C29H40N2O4. The highest BCUT2D eigenvalue weighted by Gasteiger charge is 2.14. The molecule has 0 saturated heterocycles. The van der Waals surface area contributed by atoms with Gasteiger partial charge < -0.3 is 15.4 Å². The van der Waals surface area contributed by atoms with Crippen molar-refractivity contribution in [3.63, 3.8) is 0 Å². The van der Waals surface area contributed by atoms with E-state index in [1.165, 1.54) is 44.9 Å². The van der Waals surface area contributed by atoms with Gasteiger partial charge in [0.15, 0.2) is 6.61 Å². The molecule has 0 heterocycles. The van der Waals surface area contributed by atoms with Crippen molar-refractivity contribution in [1.29, 1.82) is 0 Å². The zero-order valence-electron chi connectivity index (χ0n) is 21.2. The molecule has 0 aliphatic heterocycles. The molecule has 0 spiro atoms. The van der Waals surface area contributed by atoms with E-state index in [2.05, 4.69) is 17.6 Å². The molecule has 0 radical (unpaired) electrons. The highest BCUT2D eigenvalue weighted by atomic mass is 16.5. The number of benzene rings is 2. The summed E-state index contributed by atoms with van der Waals surface area (Å²) in [5.74, 6) is -1.05. The molecule has 2 amide bonds. The van der Waals surface area contributed by atoms with Crippen molar-refractivity contribution in [1.82, 2.24) is 5.32 Å². The van der Waals surface area contributed by atoms with Crippen molar-refractivity contribution in [3.05, 3.63) is 65.7 Å². The van der Waals surface area contributed by atoms with Gasteiger partial charge in [-0.1, -0.05) is 94.7 Å². The van der Waals surface area contributed by atoms with Crippen LogP contribution in [0.4, 0.5) is 5.69 Å². The smallest absolute Gasteiger partial charge is 0.338 e. The van der Waals surface area contributed by atoms with Crippen LogP contribution in [0.25, 0.3) is 0 Å². The van der Waals surface area contributed by atoms with Crippen LogP contribution in [0.15, 0.2) is 54.6 Å². The topological polar surface area (TPSA) is 84.5 Å². The van der Waals surface area contributed by atoms with Crippen molar-refractivity contribution >= 4 is 23.5 Å². The Hall–Kier alpha value is -3.15. The van der Waals surface area contributed by atoms with Gasteiger partial charge >= 0.3 is 5.97 Å². The Bertz CT molecular complexity index is 914. The minimum atomic E-state index is -0.609. The second-order valence-electron chi connectivity index (χ2n) is 8.98. The molecule has 0 aliphatic rings. The molecule has 1 atom stereocenters. The third-order valence-corrected chi connectivity index (χ3v) is 5.90. The Labute approximate surface area is 209 Å². The van der Waals surface area contributed by atoms with E-state index in [0.717, 1.165) is 18.4 Å². The van der Waals surface area contributed by atoms with Gasteiger partial charge in [0.2, 0.25) is 5.91 Å². The predicted molar refractivity (Wildman–Crippen MR) is 140 cm³/mol. The number of nitrogens with one attached hydrogen (secondary N) is 2. The molecule has 0 saturated carbocycles. The Morgan fingerprint density at radius 1 is 0.800 bits per heavy atom. The molecule has 35 heavy (non-hydrogen) atoms. The molecule has 2 N–H and O–H groups in total. The Morgan fingerprint density at radius 2 is 1.46 bits per heavy atom. The average Bonchev–Trinajstić information content (AvgIpc) is 2.87. The second-order valence-corrected chi connectivity index (χ2v) is 8.98. The molecule has 0 bridgehead atoms. The summed E-state index contributed by atoms with van der Waals surface area (Å²) in [5, 5.41) is 5.66. The van der Waals surface area contributed by atoms with Gasteiger partial charge in [-0.25, -0.2) is 4.79 Å². The quantitative estimate of drug-likeness (QED) is 0.210. The first-order valence-corrected chi connectivity index (χ1v) is 12.9. The van der Waals surface area contributed by atoms with E-state index in [-0.39, 0.29) is 30.0 Å². The summed E-state index contributed by atoms with van der Waals surface area (Å²) in [7, 11) is 0. The van der Waals surface area contributed by atoms with Crippen LogP contribution >= 0.6 is 0 Å². The minimum Gasteiger partial charge on any atom is -0.452 e. The summed E-state index contributed by atoms with van der Waals surface area (Å²) in [6.45, 7) is 3.73. The van der Waals surface area contributed by atoms with Gasteiger partial charge in [-0.05, 0) is 37.1 Å². The maximum Gasteiger partial charge on any atom is 0.338 e. The fourth-order valence-corrected chi connectivity index (χ4v) is 3.87. The first-order chi connectivity index (χ1) is 17.0. The van der Waals surface area contributed by atoms with Gasteiger partial charge in [0, 0.05) is 12.1 Å². The summed E-state index contributed by atoms with van der Waals surface area (Å²) in [6, 6.07) is 16.0. The van der Waals surface area contributed by atoms with Gasteiger partial charge in [0.1, 0.15) is 0 Å². The molecule has 2 rings (SSSR count). The number of anilines is 1. The van der Waals surface area contributed by atoms with Gasteiger partial charge in [-0.2, -0.15) is 0 Å². The summed E-state index contributed by atoms with van der Waals surface area (Å²) >= 11 is 0. The van der Waals surface area contributed by atoms with Crippen LogP contribution in [-0.4, -0.2) is 24.4 Å². The summed E-state index contributed by atoms with van der Waals surface area (Å²) < 4.78 is 5.16. The first-order valence-electron chi connectivity index (χ1n) is 12.9. The number of hydrogen-bond acceptors (Lipinski definition) is 4. The molecule has 6 heteroatoms. The lowest BCUT2D eigenvalue weighted by Gasteiger charge is -2.14. The zero-order chi connectivity index (χ0) is 25.3. The van der Waals surface area contributed by atoms with Crippen LogP contribution in [0.2, 0.25) is 0 Å². The molecule has 6 nitrogen and oxygen atoms in total. The van der Waals surface area contributed by atoms with Crippen LogP contribution in [-0.2, 0) is 14.3 Å². The maximum atomic E-state index is 12.4. The van der Waals surface area contributed by atoms with E-state index in [0.29, 0.717) is 12.1 Å². The normalized spacial score (nSPS) is 11.5. The summed E-state index contributed by atoms with van der Waals surface area (Å²) in [4.78, 5) is 36.8. The third-order valence-electron chi connectivity index (χ3n) is 5.90. The van der Waals surface area contributed by atoms with Crippen LogP contribution in [0.1, 0.15) is 100 Å². The third kappa shape index (κ3) is 11.7. The first kappa shape index (κ1) is 28.1. The monoisotopic (exact) mass is 480 g/mol. The second kappa shape index (κ2) is 16.5. The number of hydrogen-bond donors (Lipinski definition) is 2. The number of esters is 1. The molecule has 2 aromatic rings. The molecule has 0 aromatic heterocycles. The zero-order valence-corrected chi connectivity index (χ0v) is 21.2. The molecule has 0 unspecified atom stereocenters. The lowest BCUT2D eigenvalue weighted by atomic mass is 10.1. The number of ether oxygens (including phenoxy) is 1. The van der Waals surface area contributed by atoms with Crippen LogP contribution < -0.4 is 10.6 Å². The fraction of sp³-hybridized carbons (Fsp3) is 0.483. The van der Waals surface area contributed by atoms with Gasteiger partial charge in [-0.3, -0.25) is 9.59 Å². The lowest BCUT2D eigenvalue weighted by Crippen LogP contribution is -2.31. The van der Waals surface area contributed by atoms with E-state index in [4.69, 9.17) is 4.74 Å². The largest absolute Gasteiger partial charge is 0.452 e. The van der Waals surface area contributed by atoms with E-state index in [1.807, 2.05) is 37.3 Å². The number of amides is 2. The number of carbonyl (C=O) groups is 3. The molecule has 0 fully saturated rings. The molecule has 0 aliphatic carbocycles. The standard InChI is InChI=1S/C29H40N2O4/c1-3-4-5-6-7-8-9-10-14-20-27(32)31-26-19-15-18-25(21-26)29(34)35-22-28(33)30-23(2)24-16-12-11-13-17-24/h11-13,15-19,21,23H,3-10,14,20,22H2,1-2H3,(H,30,33)(H,31,32)/t23-/m0/s1. The van der Waals surface area contributed by atoms with E-state index >= 15 is 0 Å².